The average Bonchev–Trinajstić information content (AvgIpc) is 2.55. The van der Waals surface area contributed by atoms with E-state index in [1.54, 1.807) is 0 Å². The summed E-state index contributed by atoms with van der Waals surface area (Å²) in [6.07, 6.45) is 1.12. The van der Waals surface area contributed by atoms with Crippen molar-refractivity contribution in [2.75, 3.05) is 6.61 Å². The minimum Gasteiger partial charge on any atom is -0.507 e. The van der Waals surface area contributed by atoms with Gasteiger partial charge in [-0.2, -0.15) is 5.10 Å². The first-order chi connectivity index (χ1) is 12.3. The number of nitrogens with zero attached hydrogens (tertiary/aromatic N) is 2. The second-order valence-corrected chi connectivity index (χ2v) is 6.33. The summed E-state index contributed by atoms with van der Waals surface area (Å²) >= 11 is 3.39. The Kier molecular flexibility index (Phi) is 6.29. The minimum absolute atomic E-state index is 0.109. The van der Waals surface area contributed by atoms with Crippen molar-refractivity contribution in [1.29, 1.82) is 0 Å². The largest absolute Gasteiger partial charge is 0.507 e. The number of rotatable bonds is 6. The number of phenols is 1. The smallest absolute Gasteiger partial charge is 0.277 e. The molecule has 8 nitrogen and oxygen atoms in total. The third kappa shape index (κ3) is 5.03. The van der Waals surface area contributed by atoms with E-state index in [9.17, 15) is 20.0 Å². The number of carbonyl (C=O) groups excluding carboxylic acids is 1. The molecule has 0 atom stereocenters. The van der Waals surface area contributed by atoms with E-state index >= 15 is 0 Å². The van der Waals surface area contributed by atoms with Gasteiger partial charge in [0.2, 0.25) is 0 Å². The molecule has 2 N–H and O–H groups in total. The molecule has 0 unspecified atom stereocenters. The molecule has 0 bridgehead atoms. The lowest BCUT2D eigenvalue weighted by molar-refractivity contribution is -0.384. The van der Waals surface area contributed by atoms with Crippen molar-refractivity contribution in [2.45, 2.75) is 13.8 Å². The number of hydrazone groups is 1. The Morgan fingerprint density at radius 2 is 2.12 bits per heavy atom. The van der Waals surface area contributed by atoms with Crippen LogP contribution in [-0.2, 0) is 4.79 Å². The fourth-order valence-electron chi connectivity index (χ4n) is 2.19. The molecule has 0 aliphatic carbocycles. The maximum Gasteiger partial charge on any atom is 0.277 e. The van der Waals surface area contributed by atoms with Gasteiger partial charge in [0, 0.05) is 17.7 Å². The summed E-state index contributed by atoms with van der Waals surface area (Å²) in [7, 11) is 0. The first kappa shape index (κ1) is 19.4. The molecule has 0 heterocycles. The van der Waals surface area contributed by atoms with Gasteiger partial charge in [0.05, 0.1) is 15.6 Å². The molecule has 0 aliphatic rings. The Morgan fingerprint density at radius 1 is 1.38 bits per heavy atom. The number of hydrogen-bond donors (Lipinski definition) is 2. The number of halogens is 1. The summed E-state index contributed by atoms with van der Waals surface area (Å²) in [5, 5.41) is 24.1. The highest BCUT2D eigenvalue weighted by Gasteiger charge is 2.10. The Bertz CT molecular complexity index is 860. The number of hydrogen-bond acceptors (Lipinski definition) is 6. The molecule has 0 saturated heterocycles. The van der Waals surface area contributed by atoms with E-state index in [4.69, 9.17) is 4.74 Å². The number of aromatic hydroxyl groups is 1. The molecule has 136 valence electrons. The van der Waals surface area contributed by atoms with Crippen molar-refractivity contribution in [3.8, 4) is 11.5 Å². The third-order valence-corrected chi connectivity index (χ3v) is 3.93. The standard InChI is InChI=1S/C17H16BrN3O5/c1-10-5-11(2)17(14(18)6-10)26-9-16(23)20-19-8-12-7-13(21(24)25)3-4-15(12)22/h3-8,22H,9H2,1-2H3,(H,20,23). The molecule has 0 spiro atoms. The summed E-state index contributed by atoms with van der Waals surface area (Å²) in [6, 6.07) is 7.31. The zero-order valence-corrected chi connectivity index (χ0v) is 15.6. The summed E-state index contributed by atoms with van der Waals surface area (Å²) in [5.41, 5.74) is 4.10. The molecule has 1 amide bonds. The monoisotopic (exact) mass is 421 g/mol. The number of carbonyl (C=O) groups is 1. The van der Waals surface area contributed by atoms with E-state index in [2.05, 4.69) is 26.5 Å². The van der Waals surface area contributed by atoms with E-state index in [0.29, 0.717) is 5.75 Å². The van der Waals surface area contributed by atoms with Gasteiger partial charge in [0.1, 0.15) is 11.5 Å². The Morgan fingerprint density at radius 3 is 2.77 bits per heavy atom. The second-order valence-electron chi connectivity index (χ2n) is 5.47. The lowest BCUT2D eigenvalue weighted by Gasteiger charge is -2.11. The van der Waals surface area contributed by atoms with Crippen molar-refractivity contribution >= 4 is 33.7 Å². The van der Waals surface area contributed by atoms with E-state index in [0.717, 1.165) is 27.9 Å². The van der Waals surface area contributed by atoms with Crippen LogP contribution in [0, 0.1) is 24.0 Å². The van der Waals surface area contributed by atoms with Gasteiger partial charge in [-0.15, -0.1) is 0 Å². The number of nitrogens with one attached hydrogen (secondary N) is 1. The molecule has 0 radical (unpaired) electrons. The number of phenolic OH excluding ortho intramolecular Hbond substituents is 1. The SMILES string of the molecule is Cc1cc(C)c(OCC(=O)NN=Cc2cc([N+](=O)[O-])ccc2O)c(Br)c1. The molecule has 9 heteroatoms. The normalized spacial score (nSPS) is 10.7. The Labute approximate surface area is 157 Å². The van der Waals surface area contributed by atoms with E-state index in [1.165, 1.54) is 12.1 Å². The zero-order valence-electron chi connectivity index (χ0n) is 14.0. The number of non-ortho nitro benzene ring substituents is 1. The van der Waals surface area contributed by atoms with E-state index < -0.39 is 10.8 Å². The van der Waals surface area contributed by atoms with Gasteiger partial charge in [-0.05, 0) is 53.0 Å². The van der Waals surface area contributed by atoms with E-state index in [1.807, 2.05) is 26.0 Å². The lowest BCUT2D eigenvalue weighted by Crippen LogP contribution is -2.24. The van der Waals surface area contributed by atoms with Crippen LogP contribution >= 0.6 is 15.9 Å². The van der Waals surface area contributed by atoms with Crippen molar-refractivity contribution in [2.24, 2.45) is 5.10 Å². The summed E-state index contributed by atoms with van der Waals surface area (Å²) < 4.78 is 6.23. The fourth-order valence-corrected chi connectivity index (χ4v) is 2.98. The maximum atomic E-state index is 11.8. The Hall–Kier alpha value is -2.94. The minimum atomic E-state index is -0.592. The van der Waals surface area contributed by atoms with Crippen LogP contribution in [0.25, 0.3) is 0 Å². The molecule has 26 heavy (non-hydrogen) atoms. The van der Waals surface area contributed by atoms with Gasteiger partial charge >= 0.3 is 0 Å². The van der Waals surface area contributed by atoms with Crippen LogP contribution < -0.4 is 10.2 Å². The van der Waals surface area contributed by atoms with Gasteiger partial charge < -0.3 is 9.84 Å². The van der Waals surface area contributed by atoms with Gasteiger partial charge in [0.15, 0.2) is 6.61 Å². The number of nitro groups is 1. The number of ether oxygens (including phenoxy) is 1. The van der Waals surface area contributed by atoms with Crippen LogP contribution in [0.1, 0.15) is 16.7 Å². The van der Waals surface area contributed by atoms with Crippen molar-refractivity contribution < 1.29 is 19.6 Å². The van der Waals surface area contributed by atoms with Crippen LogP contribution in [-0.4, -0.2) is 28.8 Å². The van der Waals surface area contributed by atoms with Gasteiger partial charge in [-0.1, -0.05) is 6.07 Å². The third-order valence-electron chi connectivity index (χ3n) is 3.34. The van der Waals surface area contributed by atoms with Crippen LogP contribution in [0.4, 0.5) is 5.69 Å². The second kappa shape index (κ2) is 8.43. The molecule has 2 rings (SSSR count). The highest BCUT2D eigenvalue weighted by molar-refractivity contribution is 9.10. The summed E-state index contributed by atoms with van der Waals surface area (Å²) in [5.74, 6) is -0.145. The quantitative estimate of drug-likeness (QED) is 0.422. The van der Waals surface area contributed by atoms with Crippen LogP contribution in [0.15, 0.2) is 39.9 Å². The van der Waals surface area contributed by atoms with Crippen molar-refractivity contribution in [3.63, 3.8) is 0 Å². The highest BCUT2D eigenvalue weighted by atomic mass is 79.9. The van der Waals surface area contributed by atoms with Crippen LogP contribution in [0.5, 0.6) is 11.5 Å². The van der Waals surface area contributed by atoms with Gasteiger partial charge in [0.25, 0.3) is 11.6 Å². The van der Waals surface area contributed by atoms with E-state index in [-0.39, 0.29) is 23.6 Å². The number of benzene rings is 2. The topological polar surface area (TPSA) is 114 Å². The highest BCUT2D eigenvalue weighted by Crippen LogP contribution is 2.30. The summed E-state index contributed by atoms with van der Waals surface area (Å²) in [4.78, 5) is 22.0. The lowest BCUT2D eigenvalue weighted by atomic mass is 10.1. The molecular formula is C17H16BrN3O5. The number of amides is 1. The maximum absolute atomic E-state index is 11.8. The molecule has 2 aromatic rings. The van der Waals surface area contributed by atoms with Gasteiger partial charge in [-0.3, -0.25) is 14.9 Å². The fraction of sp³-hybridized carbons (Fsp3) is 0.176. The molecule has 0 fully saturated rings. The first-order valence-electron chi connectivity index (χ1n) is 7.47. The summed E-state index contributed by atoms with van der Waals surface area (Å²) in [6.45, 7) is 3.56. The molecule has 0 aliphatic heterocycles. The van der Waals surface area contributed by atoms with Crippen molar-refractivity contribution in [3.05, 3.63) is 61.6 Å². The number of nitro benzene ring substituents is 1. The first-order valence-corrected chi connectivity index (χ1v) is 8.26. The molecular weight excluding hydrogens is 406 g/mol. The van der Waals surface area contributed by atoms with Crippen LogP contribution in [0.3, 0.4) is 0 Å². The number of aryl methyl sites for hydroxylation is 2. The van der Waals surface area contributed by atoms with Gasteiger partial charge in [-0.25, -0.2) is 5.43 Å². The molecule has 2 aromatic carbocycles. The van der Waals surface area contributed by atoms with Crippen LogP contribution in [0.2, 0.25) is 0 Å². The molecule has 0 aromatic heterocycles. The molecule has 0 saturated carbocycles. The average molecular weight is 422 g/mol. The predicted octanol–water partition coefficient (Wildman–Crippen LogP) is 3.21. The van der Waals surface area contributed by atoms with Crippen molar-refractivity contribution in [1.82, 2.24) is 5.43 Å². The Balaban J connectivity index is 1.96. The zero-order chi connectivity index (χ0) is 19.3. The predicted molar refractivity (Wildman–Crippen MR) is 99.6 cm³/mol.